The number of aromatic nitrogens is 3. The van der Waals surface area contributed by atoms with Crippen LogP contribution in [0.1, 0.15) is 53.8 Å². The van der Waals surface area contributed by atoms with Gasteiger partial charge in [0.25, 0.3) is 21.7 Å². The molecule has 0 aliphatic heterocycles. The summed E-state index contributed by atoms with van der Waals surface area (Å²) in [6, 6.07) is 4.75. The number of ether oxygens (including phenoxy) is 2. The number of aliphatic hydroxyl groups is 1. The summed E-state index contributed by atoms with van der Waals surface area (Å²) in [4.78, 5) is 38.4. The number of amides is 2. The number of sulfone groups is 1. The van der Waals surface area contributed by atoms with Crippen molar-refractivity contribution >= 4 is 38.8 Å². The molecule has 3 aliphatic rings. The number of hydrogen-bond acceptors (Lipinski definition) is 11. The van der Waals surface area contributed by atoms with Crippen LogP contribution in [0.25, 0.3) is 0 Å². The number of fused-ring (bicyclic) bond motifs is 1. The van der Waals surface area contributed by atoms with Gasteiger partial charge in [0.05, 0.1) is 42.2 Å². The molecule has 2 heterocycles. The van der Waals surface area contributed by atoms with Crippen molar-refractivity contribution in [2.75, 3.05) is 30.2 Å². The highest BCUT2D eigenvalue weighted by Crippen LogP contribution is 2.64. The Morgan fingerprint density at radius 2 is 1.72 bits per heavy atom. The number of benzene rings is 1. The van der Waals surface area contributed by atoms with Gasteiger partial charge >= 0.3 is 5.51 Å². The molecule has 0 radical (unpaired) electrons. The number of nitrogens with zero attached hydrogens (tertiary/aromatic N) is 3. The predicted molar refractivity (Wildman–Crippen MR) is 158 cm³/mol. The maximum absolute atomic E-state index is 13.7. The van der Waals surface area contributed by atoms with E-state index in [4.69, 9.17) is 9.47 Å². The van der Waals surface area contributed by atoms with Crippen molar-refractivity contribution in [3.63, 3.8) is 0 Å². The zero-order chi connectivity index (χ0) is 33.7. The van der Waals surface area contributed by atoms with Crippen LogP contribution in [0.15, 0.2) is 47.8 Å². The van der Waals surface area contributed by atoms with Gasteiger partial charge in [0, 0.05) is 23.2 Å². The summed E-state index contributed by atoms with van der Waals surface area (Å²) in [5.74, 6) is -1.36. The molecule has 1 unspecified atom stereocenters. The van der Waals surface area contributed by atoms with Crippen LogP contribution in [0, 0.1) is 11.3 Å². The number of hydrogen-bond donors (Lipinski definition) is 4. The molecule has 3 saturated carbocycles. The molecule has 3 aromatic rings. The van der Waals surface area contributed by atoms with Gasteiger partial charge in [-0.05, 0) is 57.2 Å². The fraction of sp³-hybridized carbons (Fsp3) is 0.414. The second-order valence-electron chi connectivity index (χ2n) is 11.7. The monoisotopic (exact) mass is 664 g/mol. The van der Waals surface area contributed by atoms with Crippen molar-refractivity contribution < 1.29 is 45.8 Å². The third kappa shape index (κ3) is 5.91. The molecule has 3 fully saturated rings. The Morgan fingerprint density at radius 3 is 2.33 bits per heavy atom. The van der Waals surface area contributed by atoms with Crippen LogP contribution in [-0.4, -0.2) is 71.7 Å². The second-order valence-corrected chi connectivity index (χ2v) is 13.7. The minimum absolute atomic E-state index is 0.0273. The van der Waals surface area contributed by atoms with E-state index in [0.29, 0.717) is 12.5 Å². The van der Waals surface area contributed by atoms with Crippen LogP contribution in [0.2, 0.25) is 0 Å². The maximum Gasteiger partial charge on any atom is 0.501 e. The molecule has 2 amide bonds. The zero-order valence-corrected chi connectivity index (χ0v) is 25.9. The number of carbonyl (C=O) groups excluding carboxylic acids is 2. The minimum atomic E-state index is -5.68. The van der Waals surface area contributed by atoms with Crippen LogP contribution in [0.4, 0.5) is 30.4 Å². The first-order valence-electron chi connectivity index (χ1n) is 14.0. The van der Waals surface area contributed by atoms with Crippen molar-refractivity contribution in [2.24, 2.45) is 11.3 Å². The number of pyridine rings is 1. The van der Waals surface area contributed by atoms with E-state index >= 15 is 0 Å². The lowest BCUT2D eigenvalue weighted by molar-refractivity contribution is -0.0935. The molecule has 13 nitrogen and oxygen atoms in total. The third-order valence-corrected chi connectivity index (χ3v) is 10.1. The fourth-order valence-corrected chi connectivity index (χ4v) is 6.82. The van der Waals surface area contributed by atoms with E-state index in [0.717, 1.165) is 31.2 Å². The van der Waals surface area contributed by atoms with Gasteiger partial charge in [-0.2, -0.15) is 13.2 Å². The second kappa shape index (κ2) is 11.7. The Labute approximate surface area is 261 Å². The topological polar surface area (TPSA) is 182 Å². The number of halogens is 3. The van der Waals surface area contributed by atoms with Gasteiger partial charge in [0.15, 0.2) is 0 Å². The average molecular weight is 665 g/mol. The Kier molecular flexibility index (Phi) is 8.35. The Morgan fingerprint density at radius 1 is 1.00 bits per heavy atom. The Hall–Kier alpha value is -4.51. The van der Waals surface area contributed by atoms with Crippen molar-refractivity contribution in [1.82, 2.24) is 15.0 Å². The van der Waals surface area contributed by atoms with Crippen LogP contribution in [0.3, 0.4) is 0 Å². The van der Waals surface area contributed by atoms with Gasteiger partial charge in [-0.1, -0.05) is 6.07 Å². The summed E-state index contributed by atoms with van der Waals surface area (Å²) >= 11 is 0. The third-order valence-electron chi connectivity index (χ3n) is 8.63. The maximum atomic E-state index is 13.7. The van der Waals surface area contributed by atoms with E-state index < -0.39 is 37.7 Å². The minimum Gasteiger partial charge on any atom is -0.481 e. The molecular formula is C29H31F3N6O7S. The summed E-state index contributed by atoms with van der Waals surface area (Å²) in [7, 11) is -3.07. The standard InChI is InChI=1S/C29H31F3N6O7S/c1-27(2,41)28-10-15(11-28)19(12-28)37-23-22(26(45-4)35-14-34-23)25(40)38-20-13-33-21(44-3)9-18(20)24(39)36-16-6-5-7-17(8-16)46(42,43)29(30,31)32/h5-9,13-15,19,41H,10-12H2,1-4H3,(H,36,39)(H,38,40)(H,34,35,37). The molecule has 3 aliphatic carbocycles. The largest absolute Gasteiger partial charge is 0.501 e. The quantitative estimate of drug-likeness (QED) is 0.246. The number of carbonyl (C=O) groups is 2. The lowest BCUT2D eigenvalue weighted by Crippen LogP contribution is -2.47. The summed E-state index contributed by atoms with van der Waals surface area (Å²) in [6.07, 6.45) is 4.66. The lowest BCUT2D eigenvalue weighted by atomic mass is 9.61. The molecule has 0 spiro atoms. The Bertz CT molecular complexity index is 1790. The first-order chi connectivity index (χ1) is 21.5. The summed E-state index contributed by atoms with van der Waals surface area (Å²) < 4.78 is 73.5. The van der Waals surface area contributed by atoms with Crippen LogP contribution < -0.4 is 25.4 Å². The highest BCUT2D eigenvalue weighted by atomic mass is 32.2. The van der Waals surface area contributed by atoms with E-state index in [-0.39, 0.29) is 57.5 Å². The molecule has 46 heavy (non-hydrogen) atoms. The average Bonchev–Trinajstić information content (AvgIpc) is 3.53. The zero-order valence-electron chi connectivity index (χ0n) is 25.1. The number of nitrogens with one attached hydrogen (secondary N) is 3. The van der Waals surface area contributed by atoms with E-state index in [2.05, 4.69) is 30.9 Å². The van der Waals surface area contributed by atoms with Crippen molar-refractivity contribution in [3.05, 3.63) is 54.0 Å². The molecule has 2 aromatic heterocycles. The lowest BCUT2D eigenvalue weighted by Gasteiger charge is -2.47. The number of anilines is 3. The normalized spacial score (nSPS) is 20.8. The van der Waals surface area contributed by atoms with E-state index in [1.54, 1.807) is 13.8 Å². The molecule has 246 valence electrons. The van der Waals surface area contributed by atoms with E-state index in [9.17, 15) is 36.3 Å². The molecule has 1 atom stereocenters. The molecule has 6 rings (SSSR count). The van der Waals surface area contributed by atoms with Crippen LogP contribution in [-0.2, 0) is 9.84 Å². The van der Waals surface area contributed by atoms with Crippen molar-refractivity contribution in [3.8, 4) is 11.8 Å². The fourth-order valence-electron chi connectivity index (χ4n) is 6.01. The Balaban J connectivity index is 1.42. The first-order valence-corrected chi connectivity index (χ1v) is 15.4. The summed E-state index contributed by atoms with van der Waals surface area (Å²) in [5.41, 5.74) is -7.33. The van der Waals surface area contributed by atoms with E-state index in [1.807, 2.05) is 0 Å². The van der Waals surface area contributed by atoms with Gasteiger partial charge in [-0.15, -0.1) is 0 Å². The number of methoxy groups -OCH3 is 2. The van der Waals surface area contributed by atoms with E-state index in [1.165, 1.54) is 32.7 Å². The molecule has 1 aromatic carbocycles. The summed E-state index contributed by atoms with van der Waals surface area (Å²) in [6.45, 7) is 3.58. The van der Waals surface area contributed by atoms with Gasteiger partial charge in [0.2, 0.25) is 11.8 Å². The SMILES string of the molecule is COc1cc(C(=O)Nc2cccc(S(=O)(=O)C(F)(F)F)c2)c(NC(=O)c2c(NC3CC4(C(C)(C)O)CC3C4)ncnc2OC)cn1. The molecular weight excluding hydrogens is 633 g/mol. The highest BCUT2D eigenvalue weighted by Gasteiger charge is 2.62. The molecule has 2 bridgehead atoms. The van der Waals surface area contributed by atoms with Gasteiger partial charge < -0.3 is 30.5 Å². The first kappa shape index (κ1) is 32.9. The molecule has 17 heteroatoms. The van der Waals surface area contributed by atoms with Crippen molar-refractivity contribution in [1.29, 1.82) is 0 Å². The summed E-state index contributed by atoms with van der Waals surface area (Å²) in [5, 5.41) is 19.0. The van der Waals surface area contributed by atoms with Crippen LogP contribution >= 0.6 is 0 Å². The predicted octanol–water partition coefficient (Wildman–Crippen LogP) is 4.04. The van der Waals surface area contributed by atoms with Gasteiger partial charge in [-0.3, -0.25) is 9.59 Å². The highest BCUT2D eigenvalue weighted by molar-refractivity contribution is 7.92. The van der Waals surface area contributed by atoms with Crippen LogP contribution in [0.5, 0.6) is 11.8 Å². The molecule has 0 saturated heterocycles. The van der Waals surface area contributed by atoms with Crippen molar-refractivity contribution in [2.45, 2.75) is 55.2 Å². The number of alkyl halides is 3. The smallest absolute Gasteiger partial charge is 0.481 e. The van der Waals surface area contributed by atoms with Gasteiger partial charge in [-0.25, -0.2) is 23.4 Å². The number of rotatable bonds is 10. The molecule has 4 N–H and O–H groups in total. The van der Waals surface area contributed by atoms with Gasteiger partial charge in [0.1, 0.15) is 17.7 Å².